The average molecular weight is 302 g/mol. The third kappa shape index (κ3) is 2.98. The molecular formula is C8H14Br2O2. The van der Waals surface area contributed by atoms with Crippen molar-refractivity contribution in [2.24, 2.45) is 0 Å². The van der Waals surface area contributed by atoms with E-state index in [0.717, 1.165) is 17.1 Å². The molecule has 0 aliphatic carbocycles. The molecule has 0 bridgehead atoms. The molecular weight excluding hydrogens is 288 g/mol. The molecule has 0 radical (unpaired) electrons. The maximum atomic E-state index is 5.67. The average Bonchev–Trinajstić information content (AvgIpc) is 2.01. The van der Waals surface area contributed by atoms with Crippen molar-refractivity contribution in [3.63, 3.8) is 0 Å². The van der Waals surface area contributed by atoms with Crippen LogP contribution in [0.3, 0.4) is 0 Å². The Kier molecular flexibility index (Phi) is 4.02. The molecule has 1 fully saturated rings. The summed E-state index contributed by atoms with van der Waals surface area (Å²) >= 11 is 6.85. The number of ether oxygens (including phenoxy) is 2. The molecule has 0 saturated carbocycles. The third-order valence-electron chi connectivity index (χ3n) is 1.77. The van der Waals surface area contributed by atoms with Gasteiger partial charge >= 0.3 is 0 Å². The van der Waals surface area contributed by atoms with Crippen LogP contribution in [0.2, 0.25) is 0 Å². The van der Waals surface area contributed by atoms with Crippen molar-refractivity contribution >= 4 is 31.9 Å². The van der Waals surface area contributed by atoms with Gasteiger partial charge < -0.3 is 9.47 Å². The quantitative estimate of drug-likeness (QED) is 0.730. The van der Waals surface area contributed by atoms with E-state index in [1.165, 1.54) is 0 Å². The van der Waals surface area contributed by atoms with Crippen LogP contribution in [0.15, 0.2) is 0 Å². The maximum Gasteiger partial charge on any atom is 0.163 e. The fourth-order valence-electron chi connectivity index (χ4n) is 1.41. The first-order valence-corrected chi connectivity index (χ1v) is 6.29. The van der Waals surface area contributed by atoms with Crippen LogP contribution in [0, 0.1) is 0 Å². The van der Waals surface area contributed by atoms with Crippen molar-refractivity contribution < 1.29 is 9.47 Å². The second kappa shape index (κ2) is 4.40. The van der Waals surface area contributed by atoms with Gasteiger partial charge in [-0.05, 0) is 13.8 Å². The lowest BCUT2D eigenvalue weighted by atomic mass is 10.1. The van der Waals surface area contributed by atoms with Crippen LogP contribution in [0.5, 0.6) is 0 Å². The molecule has 0 unspecified atom stereocenters. The van der Waals surface area contributed by atoms with Crippen LogP contribution in [0.25, 0.3) is 0 Å². The molecule has 2 nitrogen and oxygen atoms in total. The lowest BCUT2D eigenvalue weighted by Crippen LogP contribution is -2.45. The van der Waals surface area contributed by atoms with E-state index < -0.39 is 5.79 Å². The Morgan fingerprint density at radius 1 is 1.17 bits per heavy atom. The number of halogens is 2. The zero-order chi connectivity index (χ0) is 9.19. The molecule has 0 aromatic rings. The standard InChI is InChI=1S/C8H14Br2O2/c1-8(2)11-6(4-9)3-7(5-10)12-8/h6-7H,3-5H2,1-2H3/t6-,7-/m1/s1. The molecule has 1 rings (SSSR count). The molecule has 0 spiro atoms. The smallest absolute Gasteiger partial charge is 0.163 e. The van der Waals surface area contributed by atoms with Gasteiger partial charge in [-0.25, -0.2) is 0 Å². The predicted octanol–water partition coefficient (Wildman–Crippen LogP) is 2.69. The molecule has 1 aliphatic heterocycles. The highest BCUT2D eigenvalue weighted by Crippen LogP contribution is 2.28. The summed E-state index contributed by atoms with van der Waals surface area (Å²) < 4.78 is 11.3. The Balaban J connectivity index is 2.53. The van der Waals surface area contributed by atoms with Gasteiger partial charge in [0.1, 0.15) is 0 Å². The van der Waals surface area contributed by atoms with E-state index >= 15 is 0 Å². The summed E-state index contributed by atoms with van der Waals surface area (Å²) in [6.07, 6.45) is 1.51. The zero-order valence-electron chi connectivity index (χ0n) is 7.35. The Bertz CT molecular complexity index is 136. The van der Waals surface area contributed by atoms with Crippen molar-refractivity contribution in [2.45, 2.75) is 38.3 Å². The molecule has 1 saturated heterocycles. The maximum absolute atomic E-state index is 5.67. The second-order valence-corrected chi connectivity index (χ2v) is 4.72. The summed E-state index contributed by atoms with van der Waals surface area (Å²) in [5, 5.41) is 1.76. The van der Waals surface area contributed by atoms with E-state index in [1.54, 1.807) is 0 Å². The van der Waals surface area contributed by atoms with Crippen molar-refractivity contribution in [1.29, 1.82) is 0 Å². The molecule has 72 valence electrons. The van der Waals surface area contributed by atoms with Gasteiger partial charge in [-0.15, -0.1) is 0 Å². The fourth-order valence-corrected chi connectivity index (χ4v) is 2.20. The van der Waals surface area contributed by atoms with Gasteiger partial charge in [-0.1, -0.05) is 31.9 Å². The van der Waals surface area contributed by atoms with Crippen molar-refractivity contribution in [3.8, 4) is 0 Å². The fraction of sp³-hybridized carbons (Fsp3) is 1.00. The van der Waals surface area contributed by atoms with Gasteiger partial charge in [0.25, 0.3) is 0 Å². The van der Waals surface area contributed by atoms with Crippen LogP contribution in [-0.2, 0) is 9.47 Å². The Morgan fingerprint density at radius 3 is 1.92 bits per heavy atom. The van der Waals surface area contributed by atoms with Gasteiger partial charge in [0, 0.05) is 17.1 Å². The van der Waals surface area contributed by atoms with Crippen LogP contribution in [0.1, 0.15) is 20.3 Å². The monoisotopic (exact) mass is 300 g/mol. The van der Waals surface area contributed by atoms with Crippen molar-refractivity contribution in [3.05, 3.63) is 0 Å². The molecule has 12 heavy (non-hydrogen) atoms. The molecule has 0 aromatic heterocycles. The predicted molar refractivity (Wildman–Crippen MR) is 56.0 cm³/mol. The van der Waals surface area contributed by atoms with Crippen molar-refractivity contribution in [1.82, 2.24) is 0 Å². The summed E-state index contributed by atoms with van der Waals surface area (Å²) in [6.45, 7) is 3.91. The minimum absolute atomic E-state index is 0.274. The normalized spacial score (nSPS) is 35.0. The molecule has 4 heteroatoms. The van der Waals surface area contributed by atoms with Gasteiger partial charge in [0.05, 0.1) is 12.2 Å². The number of rotatable bonds is 2. The van der Waals surface area contributed by atoms with E-state index in [9.17, 15) is 0 Å². The number of hydrogen-bond donors (Lipinski definition) is 0. The third-order valence-corrected chi connectivity index (χ3v) is 3.22. The van der Waals surface area contributed by atoms with E-state index in [2.05, 4.69) is 31.9 Å². The summed E-state index contributed by atoms with van der Waals surface area (Å²) in [5.41, 5.74) is 0. The molecule has 2 atom stereocenters. The number of alkyl halides is 2. The van der Waals surface area contributed by atoms with Gasteiger partial charge in [-0.2, -0.15) is 0 Å². The second-order valence-electron chi connectivity index (χ2n) is 3.42. The zero-order valence-corrected chi connectivity index (χ0v) is 10.5. The van der Waals surface area contributed by atoms with Gasteiger partial charge in [0.15, 0.2) is 5.79 Å². The largest absolute Gasteiger partial charge is 0.346 e. The van der Waals surface area contributed by atoms with E-state index in [1.807, 2.05) is 13.8 Å². The molecule has 0 aromatic carbocycles. The highest BCUT2D eigenvalue weighted by Gasteiger charge is 2.34. The minimum atomic E-state index is -0.435. The Morgan fingerprint density at radius 2 is 1.58 bits per heavy atom. The van der Waals surface area contributed by atoms with Crippen LogP contribution in [0.4, 0.5) is 0 Å². The molecule has 0 amide bonds. The van der Waals surface area contributed by atoms with E-state index in [0.29, 0.717) is 0 Å². The number of hydrogen-bond acceptors (Lipinski definition) is 2. The highest BCUT2D eigenvalue weighted by atomic mass is 79.9. The first-order valence-electron chi connectivity index (χ1n) is 4.05. The summed E-state index contributed by atoms with van der Waals surface area (Å²) in [6, 6.07) is 0. The minimum Gasteiger partial charge on any atom is -0.346 e. The Labute approximate surface area is 90.3 Å². The Hall–Kier alpha value is 0.880. The van der Waals surface area contributed by atoms with Crippen LogP contribution in [-0.4, -0.2) is 28.7 Å². The van der Waals surface area contributed by atoms with Gasteiger partial charge in [0.2, 0.25) is 0 Å². The van der Waals surface area contributed by atoms with E-state index in [4.69, 9.17) is 9.47 Å². The van der Waals surface area contributed by atoms with Crippen LogP contribution >= 0.6 is 31.9 Å². The highest BCUT2D eigenvalue weighted by molar-refractivity contribution is 9.09. The molecule has 0 N–H and O–H groups in total. The summed E-state index contributed by atoms with van der Waals surface area (Å²) in [5.74, 6) is -0.435. The van der Waals surface area contributed by atoms with Gasteiger partial charge in [-0.3, -0.25) is 0 Å². The SMILES string of the molecule is CC1(C)O[C@@H](CBr)C[C@H](CBr)O1. The lowest BCUT2D eigenvalue weighted by Gasteiger charge is -2.39. The summed E-state index contributed by atoms with van der Waals surface area (Å²) in [4.78, 5) is 0. The van der Waals surface area contributed by atoms with E-state index in [-0.39, 0.29) is 12.2 Å². The lowest BCUT2D eigenvalue weighted by molar-refractivity contribution is -0.289. The topological polar surface area (TPSA) is 18.5 Å². The van der Waals surface area contributed by atoms with Crippen molar-refractivity contribution in [2.75, 3.05) is 10.7 Å². The summed E-state index contributed by atoms with van der Waals surface area (Å²) in [7, 11) is 0. The molecule has 1 aliphatic rings. The first-order chi connectivity index (χ1) is 5.57. The van der Waals surface area contributed by atoms with Crippen LogP contribution < -0.4 is 0 Å². The molecule has 1 heterocycles. The first kappa shape index (κ1) is 11.0.